The van der Waals surface area contributed by atoms with Crippen molar-refractivity contribution < 1.29 is 9.72 Å². The van der Waals surface area contributed by atoms with Gasteiger partial charge in [0, 0.05) is 24.1 Å². The molecule has 1 heterocycles. The lowest BCUT2D eigenvalue weighted by molar-refractivity contribution is -0.384. The van der Waals surface area contributed by atoms with Crippen LogP contribution < -0.4 is 4.90 Å². The number of nitro benzene ring substituents is 1. The number of aliphatic imine (C=N–C) groups is 1. The summed E-state index contributed by atoms with van der Waals surface area (Å²) in [6.07, 6.45) is 0.455. The molecule has 1 amide bonds. The third-order valence-corrected chi connectivity index (χ3v) is 6.39. The van der Waals surface area contributed by atoms with Gasteiger partial charge in [-0.2, -0.15) is 0 Å². The third-order valence-electron chi connectivity index (χ3n) is 6.39. The van der Waals surface area contributed by atoms with E-state index in [1.54, 1.807) is 17.0 Å². The summed E-state index contributed by atoms with van der Waals surface area (Å²) in [5.74, 6) is -0.322. The Morgan fingerprint density at radius 3 is 2.26 bits per heavy atom. The van der Waals surface area contributed by atoms with Gasteiger partial charge in [-0.25, -0.2) is 0 Å². The van der Waals surface area contributed by atoms with Crippen molar-refractivity contribution in [3.63, 3.8) is 0 Å². The van der Waals surface area contributed by atoms with E-state index in [1.165, 1.54) is 12.1 Å². The Labute approximate surface area is 203 Å². The zero-order chi connectivity index (χ0) is 24.4. The van der Waals surface area contributed by atoms with Gasteiger partial charge in [0.2, 0.25) is 0 Å². The standard InChI is InChI=1S/C29H23N3O3/c1-29(23-14-6-3-7-15-23)20-26(21-11-4-2-5-12-21)30-25-17-8-9-18-27(25)31(29)28(33)22-13-10-16-24(19-22)32(34)35/h2-19H,20H2,1H3. The second kappa shape index (κ2) is 8.99. The molecule has 0 aliphatic carbocycles. The number of para-hydroxylation sites is 2. The van der Waals surface area contributed by atoms with Crippen LogP contribution in [0.15, 0.2) is 114 Å². The number of carbonyl (C=O) groups excluding carboxylic acids is 1. The highest BCUT2D eigenvalue weighted by Crippen LogP contribution is 2.45. The third kappa shape index (κ3) is 4.10. The molecule has 1 atom stereocenters. The number of amides is 1. The van der Waals surface area contributed by atoms with Gasteiger partial charge >= 0.3 is 0 Å². The maximum Gasteiger partial charge on any atom is 0.270 e. The second-order valence-electron chi connectivity index (χ2n) is 8.68. The Kier molecular flexibility index (Phi) is 5.71. The number of non-ortho nitro benzene ring substituents is 1. The number of benzene rings is 4. The SMILES string of the molecule is CC1(c2ccccc2)CC(c2ccccc2)=Nc2ccccc2N1C(=O)c1cccc([N+](=O)[O-])c1. The van der Waals surface area contributed by atoms with Crippen molar-refractivity contribution in [3.8, 4) is 0 Å². The van der Waals surface area contributed by atoms with Crippen LogP contribution in [0.3, 0.4) is 0 Å². The Morgan fingerprint density at radius 2 is 1.54 bits per heavy atom. The number of carbonyl (C=O) groups is 1. The molecule has 0 spiro atoms. The first-order valence-corrected chi connectivity index (χ1v) is 11.3. The lowest BCUT2D eigenvalue weighted by Gasteiger charge is -2.41. The van der Waals surface area contributed by atoms with Crippen molar-refractivity contribution in [2.24, 2.45) is 4.99 Å². The molecule has 0 N–H and O–H groups in total. The zero-order valence-electron chi connectivity index (χ0n) is 19.2. The van der Waals surface area contributed by atoms with Gasteiger partial charge < -0.3 is 0 Å². The number of anilines is 1. The number of nitro groups is 1. The molecular formula is C29H23N3O3. The average molecular weight is 462 g/mol. The van der Waals surface area contributed by atoms with Crippen LogP contribution in [-0.2, 0) is 5.54 Å². The lowest BCUT2D eigenvalue weighted by Crippen LogP contribution is -2.48. The van der Waals surface area contributed by atoms with Gasteiger partial charge in [-0.05, 0) is 36.2 Å². The minimum Gasteiger partial charge on any atom is -0.296 e. The summed E-state index contributed by atoms with van der Waals surface area (Å²) in [4.78, 5) is 31.9. The smallest absolute Gasteiger partial charge is 0.270 e. The molecule has 1 aliphatic heterocycles. The van der Waals surface area contributed by atoms with E-state index in [-0.39, 0.29) is 17.2 Å². The molecule has 172 valence electrons. The Hall–Kier alpha value is -4.58. The number of nitrogens with zero attached hydrogens (tertiary/aromatic N) is 3. The van der Waals surface area contributed by atoms with Crippen LogP contribution in [0, 0.1) is 10.1 Å². The number of rotatable bonds is 4. The van der Waals surface area contributed by atoms with Crippen LogP contribution in [0.5, 0.6) is 0 Å². The van der Waals surface area contributed by atoms with Gasteiger partial charge in [-0.1, -0.05) is 78.9 Å². The van der Waals surface area contributed by atoms with E-state index in [0.29, 0.717) is 17.8 Å². The summed E-state index contributed by atoms with van der Waals surface area (Å²) in [7, 11) is 0. The van der Waals surface area contributed by atoms with Crippen molar-refractivity contribution in [3.05, 3.63) is 136 Å². The first-order chi connectivity index (χ1) is 17.0. The molecule has 4 aromatic rings. The van der Waals surface area contributed by atoms with Crippen LogP contribution in [0.25, 0.3) is 0 Å². The molecule has 1 aliphatic rings. The Morgan fingerprint density at radius 1 is 0.886 bits per heavy atom. The second-order valence-corrected chi connectivity index (χ2v) is 8.68. The predicted octanol–water partition coefficient (Wildman–Crippen LogP) is 6.68. The number of fused-ring (bicyclic) bond motifs is 1. The van der Waals surface area contributed by atoms with Crippen LogP contribution in [0.2, 0.25) is 0 Å². The average Bonchev–Trinajstić information content (AvgIpc) is 3.04. The molecule has 6 nitrogen and oxygen atoms in total. The lowest BCUT2D eigenvalue weighted by atomic mass is 9.82. The van der Waals surface area contributed by atoms with Crippen molar-refractivity contribution in [2.45, 2.75) is 18.9 Å². The van der Waals surface area contributed by atoms with Crippen molar-refractivity contribution in [2.75, 3.05) is 4.90 Å². The quantitative estimate of drug-likeness (QED) is 0.251. The molecular weight excluding hydrogens is 438 g/mol. The fourth-order valence-electron chi connectivity index (χ4n) is 4.64. The summed E-state index contributed by atoms with van der Waals surface area (Å²) in [5.41, 5.74) is 3.42. The minimum absolute atomic E-state index is 0.124. The fraction of sp³-hybridized carbons (Fsp3) is 0.103. The zero-order valence-corrected chi connectivity index (χ0v) is 19.2. The van der Waals surface area contributed by atoms with Gasteiger partial charge in [0.1, 0.15) is 0 Å². The van der Waals surface area contributed by atoms with Crippen LogP contribution in [-0.4, -0.2) is 16.5 Å². The summed E-state index contributed by atoms with van der Waals surface area (Å²) >= 11 is 0. The Bertz CT molecular complexity index is 1430. The van der Waals surface area contributed by atoms with Crippen molar-refractivity contribution in [1.82, 2.24) is 0 Å². The predicted molar refractivity (Wildman–Crippen MR) is 137 cm³/mol. The van der Waals surface area contributed by atoms with E-state index < -0.39 is 10.5 Å². The van der Waals surface area contributed by atoms with E-state index >= 15 is 0 Å². The molecule has 4 aromatic carbocycles. The normalized spacial score (nSPS) is 17.2. The summed E-state index contributed by atoms with van der Waals surface area (Å²) in [6, 6.07) is 33.2. The molecule has 0 fully saturated rings. The maximum atomic E-state index is 14.2. The van der Waals surface area contributed by atoms with Crippen molar-refractivity contribution >= 4 is 28.7 Å². The fourth-order valence-corrected chi connectivity index (χ4v) is 4.64. The molecule has 1 unspecified atom stereocenters. The largest absolute Gasteiger partial charge is 0.296 e. The van der Waals surface area contributed by atoms with Gasteiger partial charge in [-0.3, -0.25) is 24.8 Å². The first kappa shape index (κ1) is 22.2. The molecule has 0 aromatic heterocycles. The number of hydrogen-bond acceptors (Lipinski definition) is 4. The van der Waals surface area contributed by atoms with E-state index in [0.717, 1.165) is 16.8 Å². The molecule has 0 saturated carbocycles. The highest BCUT2D eigenvalue weighted by atomic mass is 16.6. The van der Waals surface area contributed by atoms with Gasteiger partial charge in [-0.15, -0.1) is 0 Å². The van der Waals surface area contributed by atoms with E-state index in [2.05, 4.69) is 0 Å². The minimum atomic E-state index is -0.815. The van der Waals surface area contributed by atoms with Crippen molar-refractivity contribution in [1.29, 1.82) is 0 Å². The maximum absolute atomic E-state index is 14.2. The molecule has 6 heteroatoms. The topological polar surface area (TPSA) is 75.8 Å². The van der Waals surface area contributed by atoms with Crippen LogP contribution in [0.1, 0.15) is 34.8 Å². The van der Waals surface area contributed by atoms with E-state index in [1.807, 2.05) is 91.9 Å². The molecule has 0 bridgehead atoms. The molecule has 0 saturated heterocycles. The van der Waals surface area contributed by atoms with Crippen LogP contribution >= 0.6 is 0 Å². The monoisotopic (exact) mass is 461 g/mol. The van der Waals surface area contributed by atoms with E-state index in [9.17, 15) is 14.9 Å². The summed E-state index contributed by atoms with van der Waals surface area (Å²) in [5, 5.41) is 11.4. The van der Waals surface area contributed by atoms with Crippen LogP contribution in [0.4, 0.5) is 17.1 Å². The molecule has 5 rings (SSSR count). The van der Waals surface area contributed by atoms with E-state index in [4.69, 9.17) is 4.99 Å². The molecule has 0 radical (unpaired) electrons. The highest BCUT2D eigenvalue weighted by molar-refractivity contribution is 6.12. The molecule has 35 heavy (non-hydrogen) atoms. The Balaban J connectivity index is 1.74. The summed E-state index contributed by atoms with van der Waals surface area (Å²) in [6.45, 7) is 2.03. The summed E-state index contributed by atoms with van der Waals surface area (Å²) < 4.78 is 0. The highest BCUT2D eigenvalue weighted by Gasteiger charge is 2.42. The number of hydrogen-bond donors (Lipinski definition) is 0. The van der Waals surface area contributed by atoms with Gasteiger partial charge in [0.05, 0.1) is 27.5 Å². The van der Waals surface area contributed by atoms with Gasteiger partial charge in [0.15, 0.2) is 0 Å². The first-order valence-electron chi connectivity index (χ1n) is 11.3. The van der Waals surface area contributed by atoms with Gasteiger partial charge in [0.25, 0.3) is 11.6 Å².